The van der Waals surface area contributed by atoms with Crippen molar-refractivity contribution < 1.29 is 9.53 Å². The average molecular weight is 458 g/mol. The van der Waals surface area contributed by atoms with Crippen molar-refractivity contribution in [3.8, 4) is 5.75 Å². The number of imidazole rings is 1. The second-order valence-electron chi connectivity index (χ2n) is 10.0. The van der Waals surface area contributed by atoms with Crippen LogP contribution in [-0.4, -0.2) is 40.6 Å². The largest absolute Gasteiger partial charge is 0.496 e. The van der Waals surface area contributed by atoms with Gasteiger partial charge in [-0.25, -0.2) is 4.98 Å². The third-order valence-electron chi connectivity index (χ3n) is 7.64. The van der Waals surface area contributed by atoms with Crippen LogP contribution in [0.4, 0.5) is 0 Å². The molecule has 1 aromatic heterocycles. The van der Waals surface area contributed by atoms with Crippen LogP contribution < -0.4 is 4.74 Å². The fourth-order valence-electron chi connectivity index (χ4n) is 5.81. The van der Waals surface area contributed by atoms with Gasteiger partial charge in [0.1, 0.15) is 17.3 Å². The van der Waals surface area contributed by atoms with Gasteiger partial charge in [-0.1, -0.05) is 42.5 Å². The maximum absolute atomic E-state index is 13.2. The zero-order valence-electron chi connectivity index (χ0n) is 20.6. The van der Waals surface area contributed by atoms with Crippen LogP contribution in [0, 0.1) is 19.8 Å². The highest BCUT2D eigenvalue weighted by atomic mass is 16.5. The zero-order valence-corrected chi connectivity index (χ0v) is 20.6. The lowest BCUT2D eigenvalue weighted by Gasteiger charge is -2.31. The second kappa shape index (κ2) is 9.65. The SMILES string of the molecule is COc1c(C)cc([C@H]2CCc3nc(C(=O)N4CCC(Cc5ccccc5)CC4)cn3C2)cc1C. The molecule has 0 unspecified atom stereocenters. The molecule has 0 N–H and O–H groups in total. The Balaban J connectivity index is 1.22. The number of carbonyl (C=O) groups is 1. The number of rotatable bonds is 5. The number of ether oxygens (including phenoxy) is 1. The highest BCUT2D eigenvalue weighted by molar-refractivity contribution is 5.92. The Bertz CT molecular complexity index is 1140. The monoisotopic (exact) mass is 457 g/mol. The number of piperidine rings is 1. The average Bonchev–Trinajstić information content (AvgIpc) is 3.28. The standard InChI is InChI=1S/C29H35N3O2/c1-20-15-25(16-21(2)28(20)34-3)24-9-10-27-30-26(19-32(27)18-24)29(33)31-13-11-23(12-14-31)17-22-7-5-4-6-8-22/h4-8,15-16,19,23-24H,9-14,17-18H2,1-3H3/t24-/m0/s1. The van der Waals surface area contributed by atoms with Gasteiger partial charge in [0.05, 0.1) is 7.11 Å². The smallest absolute Gasteiger partial charge is 0.274 e. The summed E-state index contributed by atoms with van der Waals surface area (Å²) in [6.45, 7) is 6.75. The molecule has 3 aromatic rings. The Morgan fingerprint density at radius 2 is 1.76 bits per heavy atom. The van der Waals surface area contributed by atoms with Gasteiger partial charge in [0.2, 0.25) is 0 Å². The molecule has 0 radical (unpaired) electrons. The Morgan fingerprint density at radius 3 is 2.44 bits per heavy atom. The molecule has 2 aliphatic rings. The number of carbonyl (C=O) groups excluding carboxylic acids is 1. The van der Waals surface area contributed by atoms with Crippen LogP contribution in [0.5, 0.6) is 5.75 Å². The van der Waals surface area contributed by atoms with E-state index in [9.17, 15) is 4.79 Å². The molecule has 0 spiro atoms. The topological polar surface area (TPSA) is 47.4 Å². The van der Waals surface area contributed by atoms with E-state index in [1.165, 1.54) is 22.3 Å². The molecule has 1 fully saturated rings. The number of fused-ring (bicyclic) bond motifs is 1. The Hall–Kier alpha value is -3.08. The van der Waals surface area contributed by atoms with Crippen molar-refractivity contribution >= 4 is 5.91 Å². The summed E-state index contributed by atoms with van der Waals surface area (Å²) in [5.74, 6) is 3.19. The molecule has 5 nitrogen and oxygen atoms in total. The summed E-state index contributed by atoms with van der Waals surface area (Å²) in [6, 6.07) is 15.2. The molecule has 5 rings (SSSR count). The Morgan fingerprint density at radius 1 is 1.06 bits per heavy atom. The summed E-state index contributed by atoms with van der Waals surface area (Å²) in [6.07, 6.45) is 7.18. The Labute approximate surface area is 202 Å². The van der Waals surface area contributed by atoms with Crippen molar-refractivity contribution in [2.45, 2.75) is 58.4 Å². The van der Waals surface area contributed by atoms with E-state index in [-0.39, 0.29) is 5.91 Å². The maximum atomic E-state index is 13.2. The molecule has 34 heavy (non-hydrogen) atoms. The molecule has 3 heterocycles. The lowest BCUT2D eigenvalue weighted by molar-refractivity contribution is 0.0685. The number of hydrogen-bond acceptors (Lipinski definition) is 3. The van der Waals surface area contributed by atoms with Crippen molar-refractivity contribution in [1.29, 1.82) is 0 Å². The van der Waals surface area contributed by atoms with E-state index in [1.54, 1.807) is 7.11 Å². The summed E-state index contributed by atoms with van der Waals surface area (Å²) in [5.41, 5.74) is 5.72. The number of aromatic nitrogens is 2. The predicted molar refractivity (Wildman–Crippen MR) is 135 cm³/mol. The summed E-state index contributed by atoms with van der Waals surface area (Å²) in [4.78, 5) is 20.0. The number of methoxy groups -OCH3 is 1. The number of amides is 1. The number of likely N-dealkylation sites (tertiary alicyclic amines) is 1. The zero-order chi connectivity index (χ0) is 23.7. The number of benzene rings is 2. The summed E-state index contributed by atoms with van der Waals surface area (Å²) in [5, 5.41) is 0. The molecule has 5 heteroatoms. The third-order valence-corrected chi connectivity index (χ3v) is 7.64. The molecule has 178 valence electrons. The summed E-state index contributed by atoms with van der Waals surface area (Å²) >= 11 is 0. The van der Waals surface area contributed by atoms with Crippen LogP contribution in [-0.2, 0) is 19.4 Å². The highest BCUT2D eigenvalue weighted by Gasteiger charge is 2.28. The molecule has 1 amide bonds. The summed E-state index contributed by atoms with van der Waals surface area (Å²) < 4.78 is 7.75. The maximum Gasteiger partial charge on any atom is 0.274 e. The van der Waals surface area contributed by atoms with Gasteiger partial charge in [-0.3, -0.25) is 4.79 Å². The van der Waals surface area contributed by atoms with E-state index in [2.05, 4.69) is 60.9 Å². The number of aryl methyl sites for hydroxylation is 3. The fourth-order valence-corrected chi connectivity index (χ4v) is 5.81. The molecule has 1 saturated heterocycles. The first-order valence-electron chi connectivity index (χ1n) is 12.6. The van der Waals surface area contributed by atoms with Crippen LogP contribution in [0.2, 0.25) is 0 Å². The van der Waals surface area contributed by atoms with Crippen molar-refractivity contribution in [2.24, 2.45) is 5.92 Å². The highest BCUT2D eigenvalue weighted by Crippen LogP contribution is 2.34. The van der Waals surface area contributed by atoms with E-state index < -0.39 is 0 Å². The van der Waals surface area contributed by atoms with Crippen molar-refractivity contribution in [2.75, 3.05) is 20.2 Å². The van der Waals surface area contributed by atoms with Gasteiger partial charge in [-0.2, -0.15) is 0 Å². The third kappa shape index (κ3) is 4.61. The van der Waals surface area contributed by atoms with Gasteiger partial charge in [-0.15, -0.1) is 0 Å². The molecular weight excluding hydrogens is 422 g/mol. The van der Waals surface area contributed by atoms with Crippen molar-refractivity contribution in [3.05, 3.63) is 82.4 Å². The van der Waals surface area contributed by atoms with Crippen LogP contribution in [0.25, 0.3) is 0 Å². The Kier molecular flexibility index (Phi) is 6.44. The lowest BCUT2D eigenvalue weighted by Crippen LogP contribution is -2.39. The molecule has 2 aliphatic heterocycles. The van der Waals surface area contributed by atoms with Crippen LogP contribution in [0.1, 0.15) is 63.7 Å². The van der Waals surface area contributed by atoms with E-state index in [0.29, 0.717) is 17.5 Å². The van der Waals surface area contributed by atoms with Gasteiger partial charge in [0.25, 0.3) is 5.91 Å². The molecular formula is C29H35N3O2. The molecule has 0 aliphatic carbocycles. The van der Waals surface area contributed by atoms with E-state index >= 15 is 0 Å². The molecule has 0 bridgehead atoms. The lowest BCUT2D eigenvalue weighted by atomic mass is 9.89. The minimum Gasteiger partial charge on any atom is -0.496 e. The van der Waals surface area contributed by atoms with Crippen molar-refractivity contribution in [3.63, 3.8) is 0 Å². The van der Waals surface area contributed by atoms with Gasteiger partial charge >= 0.3 is 0 Å². The van der Waals surface area contributed by atoms with E-state index in [0.717, 1.165) is 63.3 Å². The number of hydrogen-bond donors (Lipinski definition) is 0. The molecule has 2 aromatic carbocycles. The van der Waals surface area contributed by atoms with Gasteiger partial charge < -0.3 is 14.2 Å². The normalized spacial score (nSPS) is 18.6. The quantitative estimate of drug-likeness (QED) is 0.520. The first-order chi connectivity index (χ1) is 16.5. The van der Waals surface area contributed by atoms with E-state index in [4.69, 9.17) is 9.72 Å². The van der Waals surface area contributed by atoms with Crippen molar-refractivity contribution in [1.82, 2.24) is 14.5 Å². The first kappa shape index (κ1) is 22.7. The predicted octanol–water partition coefficient (Wildman–Crippen LogP) is 5.33. The minimum atomic E-state index is 0.0905. The van der Waals surface area contributed by atoms with E-state index in [1.807, 2.05) is 11.1 Å². The molecule has 1 atom stereocenters. The number of nitrogens with zero attached hydrogens (tertiary/aromatic N) is 3. The van der Waals surface area contributed by atoms with Gasteiger partial charge in [-0.05, 0) is 67.7 Å². The minimum absolute atomic E-state index is 0.0905. The first-order valence-corrected chi connectivity index (χ1v) is 12.6. The van der Waals surface area contributed by atoms with Crippen LogP contribution in [0.3, 0.4) is 0 Å². The summed E-state index contributed by atoms with van der Waals surface area (Å²) in [7, 11) is 1.73. The van der Waals surface area contributed by atoms with Crippen LogP contribution >= 0.6 is 0 Å². The fraction of sp³-hybridized carbons (Fsp3) is 0.448. The van der Waals surface area contributed by atoms with Crippen LogP contribution in [0.15, 0.2) is 48.7 Å². The van der Waals surface area contributed by atoms with Gasteiger partial charge in [0.15, 0.2) is 0 Å². The van der Waals surface area contributed by atoms with Gasteiger partial charge in [0, 0.05) is 38.2 Å². The second-order valence-corrected chi connectivity index (χ2v) is 10.0. The molecule has 0 saturated carbocycles.